The van der Waals surface area contributed by atoms with Crippen LogP contribution in [0.4, 0.5) is 0 Å². The zero-order chi connectivity index (χ0) is 15.2. The quantitative estimate of drug-likeness (QED) is 0.801. The molecule has 3 nitrogen and oxygen atoms in total. The first-order valence-electron chi connectivity index (χ1n) is 7.10. The molecule has 0 saturated heterocycles. The lowest BCUT2D eigenvalue weighted by atomic mass is 9.90. The van der Waals surface area contributed by atoms with Crippen molar-refractivity contribution in [2.24, 2.45) is 11.7 Å². The molecule has 0 heterocycles. The minimum absolute atomic E-state index is 0. The van der Waals surface area contributed by atoms with Crippen molar-refractivity contribution in [3.63, 3.8) is 0 Å². The first-order valence-corrected chi connectivity index (χ1v) is 7.48. The molecule has 21 heavy (non-hydrogen) atoms. The van der Waals surface area contributed by atoms with Crippen LogP contribution < -0.4 is 11.1 Å². The van der Waals surface area contributed by atoms with E-state index in [1.807, 2.05) is 31.2 Å². The molecule has 0 spiro atoms. The van der Waals surface area contributed by atoms with Crippen molar-refractivity contribution in [2.75, 3.05) is 6.54 Å². The van der Waals surface area contributed by atoms with Crippen molar-refractivity contribution < 1.29 is 4.79 Å². The van der Waals surface area contributed by atoms with Gasteiger partial charge in [0.15, 0.2) is 0 Å². The van der Waals surface area contributed by atoms with E-state index >= 15 is 0 Å². The van der Waals surface area contributed by atoms with Crippen LogP contribution in [-0.2, 0) is 11.2 Å². The molecular formula is C16H26Cl2N2O. The monoisotopic (exact) mass is 332 g/mol. The zero-order valence-corrected chi connectivity index (χ0v) is 14.6. The highest BCUT2D eigenvalue weighted by Crippen LogP contribution is 2.16. The van der Waals surface area contributed by atoms with Gasteiger partial charge in [0.25, 0.3) is 0 Å². The van der Waals surface area contributed by atoms with Gasteiger partial charge >= 0.3 is 0 Å². The summed E-state index contributed by atoms with van der Waals surface area (Å²) in [4.78, 5) is 12.0. The van der Waals surface area contributed by atoms with E-state index < -0.39 is 0 Å². The van der Waals surface area contributed by atoms with Gasteiger partial charge in [-0.05, 0) is 43.4 Å². The fraction of sp³-hybridized carbons (Fsp3) is 0.562. The van der Waals surface area contributed by atoms with E-state index in [1.165, 1.54) is 0 Å². The van der Waals surface area contributed by atoms with Crippen LogP contribution in [0.5, 0.6) is 0 Å². The van der Waals surface area contributed by atoms with Gasteiger partial charge in [-0.2, -0.15) is 0 Å². The summed E-state index contributed by atoms with van der Waals surface area (Å²) in [5.74, 6) is 0.550. The standard InChI is InChI=1S/C16H25ClN2O.ClH/c1-12(2)10-16(3,11-18)19-15(20)9-6-13-4-7-14(17)8-5-13;/h4-5,7-8,12H,6,9-11,18H2,1-3H3,(H,19,20);1H. The Kier molecular flexibility index (Phi) is 8.95. The average molecular weight is 333 g/mol. The van der Waals surface area contributed by atoms with Gasteiger partial charge in [0.05, 0.1) is 0 Å². The normalized spacial score (nSPS) is 13.4. The molecule has 120 valence electrons. The van der Waals surface area contributed by atoms with E-state index in [4.69, 9.17) is 17.3 Å². The first-order chi connectivity index (χ1) is 9.34. The van der Waals surface area contributed by atoms with Crippen LogP contribution in [0.1, 0.15) is 39.2 Å². The Bertz CT molecular complexity index is 434. The molecule has 1 atom stereocenters. The lowest BCUT2D eigenvalue weighted by Crippen LogP contribution is -2.52. The Labute approximate surface area is 139 Å². The summed E-state index contributed by atoms with van der Waals surface area (Å²) in [5, 5.41) is 3.78. The second-order valence-electron chi connectivity index (χ2n) is 6.04. The van der Waals surface area contributed by atoms with Crippen molar-refractivity contribution in [1.82, 2.24) is 5.32 Å². The van der Waals surface area contributed by atoms with Crippen LogP contribution in [0, 0.1) is 5.92 Å². The maximum atomic E-state index is 12.0. The minimum atomic E-state index is -0.314. The van der Waals surface area contributed by atoms with Crippen molar-refractivity contribution in [2.45, 2.75) is 45.6 Å². The SMILES string of the molecule is CC(C)CC(C)(CN)NC(=O)CCc1ccc(Cl)cc1.Cl. The Morgan fingerprint density at radius 2 is 1.90 bits per heavy atom. The summed E-state index contributed by atoms with van der Waals surface area (Å²) < 4.78 is 0. The highest BCUT2D eigenvalue weighted by Gasteiger charge is 2.25. The number of nitrogens with two attached hydrogens (primary N) is 1. The molecule has 3 N–H and O–H groups in total. The number of carbonyl (C=O) groups excluding carboxylic acids is 1. The van der Waals surface area contributed by atoms with Gasteiger partial charge in [0, 0.05) is 23.5 Å². The van der Waals surface area contributed by atoms with E-state index in [0.717, 1.165) is 12.0 Å². The number of carbonyl (C=O) groups is 1. The van der Waals surface area contributed by atoms with E-state index in [-0.39, 0.29) is 23.9 Å². The zero-order valence-electron chi connectivity index (χ0n) is 13.0. The first kappa shape index (κ1) is 20.2. The topological polar surface area (TPSA) is 55.1 Å². The molecule has 1 rings (SSSR count). The van der Waals surface area contributed by atoms with Gasteiger partial charge < -0.3 is 11.1 Å². The van der Waals surface area contributed by atoms with Crippen molar-refractivity contribution in [3.8, 4) is 0 Å². The van der Waals surface area contributed by atoms with Crippen molar-refractivity contribution in [3.05, 3.63) is 34.9 Å². The van der Waals surface area contributed by atoms with E-state index in [2.05, 4.69) is 19.2 Å². The molecular weight excluding hydrogens is 307 g/mol. The smallest absolute Gasteiger partial charge is 0.220 e. The molecule has 0 aromatic heterocycles. The summed E-state index contributed by atoms with van der Waals surface area (Å²) in [5.41, 5.74) is 6.60. The van der Waals surface area contributed by atoms with Crippen LogP contribution in [0.15, 0.2) is 24.3 Å². The maximum absolute atomic E-state index is 12.0. The van der Waals surface area contributed by atoms with E-state index in [0.29, 0.717) is 30.3 Å². The molecule has 5 heteroatoms. The number of nitrogens with one attached hydrogen (secondary N) is 1. The average Bonchev–Trinajstić information content (AvgIpc) is 2.37. The molecule has 0 aliphatic carbocycles. The van der Waals surface area contributed by atoms with Crippen LogP contribution in [-0.4, -0.2) is 18.0 Å². The Morgan fingerprint density at radius 3 is 2.38 bits per heavy atom. The summed E-state index contributed by atoms with van der Waals surface area (Å²) >= 11 is 5.84. The highest BCUT2D eigenvalue weighted by molar-refractivity contribution is 6.30. The van der Waals surface area contributed by atoms with Crippen molar-refractivity contribution in [1.29, 1.82) is 0 Å². The molecule has 0 aliphatic rings. The van der Waals surface area contributed by atoms with Crippen LogP contribution in [0.2, 0.25) is 5.02 Å². The summed E-state index contributed by atoms with van der Waals surface area (Å²) in [6.07, 6.45) is 2.07. The van der Waals surface area contributed by atoms with Crippen LogP contribution in [0.3, 0.4) is 0 Å². The number of hydrogen-bond donors (Lipinski definition) is 2. The second-order valence-corrected chi connectivity index (χ2v) is 6.47. The summed E-state index contributed by atoms with van der Waals surface area (Å²) in [7, 11) is 0. The molecule has 1 unspecified atom stereocenters. The van der Waals surface area contributed by atoms with Crippen LogP contribution >= 0.6 is 24.0 Å². The van der Waals surface area contributed by atoms with Gasteiger partial charge in [-0.3, -0.25) is 4.79 Å². The molecule has 0 saturated carbocycles. The Balaban J connectivity index is 0.00000400. The van der Waals surface area contributed by atoms with Crippen molar-refractivity contribution >= 4 is 29.9 Å². The third-order valence-corrected chi connectivity index (χ3v) is 3.56. The number of benzene rings is 1. The molecule has 1 amide bonds. The molecule has 0 fully saturated rings. The molecule has 0 aliphatic heterocycles. The molecule has 0 bridgehead atoms. The highest BCUT2D eigenvalue weighted by atomic mass is 35.5. The van der Waals surface area contributed by atoms with E-state index in [1.54, 1.807) is 0 Å². The molecule has 1 aromatic carbocycles. The number of amides is 1. The fourth-order valence-corrected chi connectivity index (χ4v) is 2.52. The van der Waals surface area contributed by atoms with Gasteiger partial charge in [-0.15, -0.1) is 12.4 Å². The van der Waals surface area contributed by atoms with Gasteiger partial charge in [0.2, 0.25) is 5.91 Å². The molecule has 0 radical (unpaired) electrons. The minimum Gasteiger partial charge on any atom is -0.350 e. The van der Waals surface area contributed by atoms with E-state index in [9.17, 15) is 4.79 Å². The summed E-state index contributed by atoms with van der Waals surface area (Å²) in [6.45, 7) is 6.73. The predicted molar refractivity (Wildman–Crippen MR) is 92.1 cm³/mol. The second kappa shape index (κ2) is 9.29. The Morgan fingerprint density at radius 1 is 1.33 bits per heavy atom. The lowest BCUT2D eigenvalue weighted by Gasteiger charge is -2.31. The van der Waals surface area contributed by atoms with Gasteiger partial charge in [-0.25, -0.2) is 0 Å². The largest absolute Gasteiger partial charge is 0.350 e. The third-order valence-electron chi connectivity index (χ3n) is 3.30. The van der Waals surface area contributed by atoms with Gasteiger partial charge in [-0.1, -0.05) is 37.6 Å². The number of aryl methyl sites for hydroxylation is 1. The van der Waals surface area contributed by atoms with Gasteiger partial charge in [0.1, 0.15) is 0 Å². The molecule has 1 aromatic rings. The number of halogens is 2. The van der Waals surface area contributed by atoms with Crippen LogP contribution in [0.25, 0.3) is 0 Å². The fourth-order valence-electron chi connectivity index (χ4n) is 2.39. The Hall–Kier alpha value is -0.770. The number of hydrogen-bond acceptors (Lipinski definition) is 2. The lowest BCUT2D eigenvalue weighted by molar-refractivity contribution is -0.122. The number of rotatable bonds is 7. The maximum Gasteiger partial charge on any atom is 0.220 e. The summed E-state index contributed by atoms with van der Waals surface area (Å²) in [6, 6.07) is 7.59. The third kappa shape index (κ3) is 7.70. The predicted octanol–water partition coefficient (Wildman–Crippen LogP) is 3.57.